The number of hydrogen-bond donors (Lipinski definition) is 2. The number of esters is 1. The van der Waals surface area contributed by atoms with Crippen molar-refractivity contribution in [2.24, 2.45) is 0 Å². The van der Waals surface area contributed by atoms with E-state index in [1.54, 1.807) is 56.3 Å². The van der Waals surface area contributed by atoms with Gasteiger partial charge in [0.25, 0.3) is 0 Å². The van der Waals surface area contributed by atoms with Crippen LogP contribution >= 0.6 is 11.6 Å². The number of ether oxygens (including phenoxy) is 1. The number of carbonyl (C=O) groups is 2. The molecule has 0 fully saturated rings. The Hall–Kier alpha value is -2.53. The largest absolute Gasteiger partial charge is 0.462 e. The fraction of sp³-hybridized carbons (Fsp3) is 0.176. The van der Waals surface area contributed by atoms with Gasteiger partial charge in [0.05, 0.1) is 12.2 Å². The summed E-state index contributed by atoms with van der Waals surface area (Å²) in [5, 5.41) is 5.96. The summed E-state index contributed by atoms with van der Waals surface area (Å²) >= 11 is 5.87. The zero-order chi connectivity index (χ0) is 16.8. The maximum atomic E-state index is 12.0. The zero-order valence-corrected chi connectivity index (χ0v) is 13.6. The molecule has 0 aliphatic carbocycles. The molecule has 2 rings (SSSR count). The molecule has 120 valence electrons. The summed E-state index contributed by atoms with van der Waals surface area (Å²) in [4.78, 5) is 23.7. The molecule has 2 N–H and O–H groups in total. The van der Waals surface area contributed by atoms with E-state index in [0.29, 0.717) is 28.6 Å². The Bertz CT molecular complexity index is 732. The molecule has 2 aromatic carbocycles. The molecule has 0 bridgehead atoms. The van der Waals surface area contributed by atoms with Gasteiger partial charge in [-0.2, -0.15) is 0 Å². The summed E-state index contributed by atoms with van der Waals surface area (Å²) in [6, 6.07) is 11.4. The first-order valence-electron chi connectivity index (χ1n) is 7.11. The van der Waals surface area contributed by atoms with E-state index in [4.69, 9.17) is 16.3 Å². The highest BCUT2D eigenvalue weighted by molar-refractivity contribution is 6.30. The fourth-order valence-corrected chi connectivity index (χ4v) is 2.19. The number of amides is 2. The second kappa shape index (κ2) is 7.65. The van der Waals surface area contributed by atoms with Gasteiger partial charge < -0.3 is 15.4 Å². The summed E-state index contributed by atoms with van der Waals surface area (Å²) < 4.78 is 4.94. The monoisotopic (exact) mass is 332 g/mol. The maximum Gasteiger partial charge on any atom is 0.338 e. The van der Waals surface area contributed by atoms with Crippen LogP contribution in [0.3, 0.4) is 0 Å². The molecule has 0 unspecified atom stereocenters. The summed E-state index contributed by atoms with van der Waals surface area (Å²) in [5.74, 6) is -0.384. The van der Waals surface area contributed by atoms with Crippen LogP contribution < -0.4 is 10.6 Å². The third kappa shape index (κ3) is 4.72. The van der Waals surface area contributed by atoms with Crippen molar-refractivity contribution in [2.75, 3.05) is 17.2 Å². The van der Waals surface area contributed by atoms with Gasteiger partial charge in [0.2, 0.25) is 0 Å². The Morgan fingerprint density at radius 1 is 1.13 bits per heavy atom. The summed E-state index contributed by atoms with van der Waals surface area (Å²) in [6.07, 6.45) is 0. The topological polar surface area (TPSA) is 67.4 Å². The fourth-order valence-electron chi connectivity index (χ4n) is 2.00. The molecule has 6 heteroatoms. The van der Waals surface area contributed by atoms with Crippen LogP contribution in [0.5, 0.6) is 0 Å². The maximum absolute atomic E-state index is 12.0. The summed E-state index contributed by atoms with van der Waals surface area (Å²) in [6.45, 7) is 3.87. The van der Waals surface area contributed by atoms with Gasteiger partial charge in [-0.15, -0.1) is 0 Å². The number of nitrogens with one attached hydrogen (secondary N) is 2. The molecule has 0 atom stereocenters. The number of urea groups is 1. The third-order valence-corrected chi connectivity index (χ3v) is 3.30. The van der Waals surface area contributed by atoms with Crippen LogP contribution in [0.15, 0.2) is 42.5 Å². The van der Waals surface area contributed by atoms with Gasteiger partial charge >= 0.3 is 12.0 Å². The van der Waals surface area contributed by atoms with Crippen LogP contribution in [-0.4, -0.2) is 18.6 Å². The molecule has 0 heterocycles. The highest BCUT2D eigenvalue weighted by atomic mass is 35.5. The van der Waals surface area contributed by atoms with Crippen LogP contribution in [0.4, 0.5) is 16.2 Å². The van der Waals surface area contributed by atoms with Gasteiger partial charge in [-0.1, -0.05) is 17.7 Å². The minimum atomic E-state index is -0.390. The summed E-state index contributed by atoms with van der Waals surface area (Å²) in [5.41, 5.74) is 2.41. The second-order valence-corrected chi connectivity index (χ2v) is 5.28. The lowest BCUT2D eigenvalue weighted by atomic mass is 10.1. The average molecular weight is 333 g/mol. The minimum Gasteiger partial charge on any atom is -0.462 e. The first kappa shape index (κ1) is 16.8. The zero-order valence-electron chi connectivity index (χ0n) is 12.9. The number of hydrogen-bond acceptors (Lipinski definition) is 3. The number of halogens is 1. The van der Waals surface area contributed by atoms with E-state index in [2.05, 4.69) is 10.6 Å². The molecule has 2 amide bonds. The van der Waals surface area contributed by atoms with Crippen molar-refractivity contribution in [1.29, 1.82) is 0 Å². The molecular formula is C17H17ClN2O3. The van der Waals surface area contributed by atoms with Crippen molar-refractivity contribution in [1.82, 2.24) is 0 Å². The highest BCUT2D eigenvalue weighted by Gasteiger charge is 2.10. The predicted molar refractivity (Wildman–Crippen MR) is 91.2 cm³/mol. The third-order valence-electron chi connectivity index (χ3n) is 3.07. The molecule has 0 aliphatic heterocycles. The van der Waals surface area contributed by atoms with E-state index in [0.717, 1.165) is 5.56 Å². The number of anilines is 2. The van der Waals surface area contributed by atoms with Gasteiger partial charge in [0, 0.05) is 16.4 Å². The first-order chi connectivity index (χ1) is 11.0. The van der Waals surface area contributed by atoms with Crippen LogP contribution in [0.2, 0.25) is 5.02 Å². The lowest BCUT2D eigenvalue weighted by Crippen LogP contribution is -2.20. The SMILES string of the molecule is CCOC(=O)c1ccc(NC(=O)Nc2cccc(Cl)c2)c(C)c1. The van der Waals surface area contributed by atoms with E-state index in [-0.39, 0.29) is 12.0 Å². The Morgan fingerprint density at radius 3 is 2.57 bits per heavy atom. The van der Waals surface area contributed by atoms with Crippen molar-refractivity contribution >= 4 is 35.0 Å². The molecule has 0 aromatic heterocycles. The van der Waals surface area contributed by atoms with E-state index < -0.39 is 0 Å². The van der Waals surface area contributed by atoms with Gasteiger partial charge in [-0.3, -0.25) is 0 Å². The lowest BCUT2D eigenvalue weighted by Gasteiger charge is -2.11. The van der Waals surface area contributed by atoms with Gasteiger partial charge in [0.15, 0.2) is 0 Å². The van der Waals surface area contributed by atoms with Crippen molar-refractivity contribution in [3.05, 3.63) is 58.6 Å². The molecule has 0 radical (unpaired) electrons. The number of carbonyl (C=O) groups excluding carboxylic acids is 2. The Balaban J connectivity index is 2.05. The molecule has 0 saturated heterocycles. The molecule has 5 nitrogen and oxygen atoms in total. The van der Waals surface area contributed by atoms with Crippen LogP contribution in [0.1, 0.15) is 22.8 Å². The normalized spacial score (nSPS) is 10.0. The molecule has 23 heavy (non-hydrogen) atoms. The molecule has 0 aliphatic rings. The first-order valence-corrected chi connectivity index (χ1v) is 7.48. The average Bonchev–Trinajstić information content (AvgIpc) is 2.49. The van der Waals surface area contributed by atoms with Crippen LogP contribution in [0, 0.1) is 6.92 Å². The van der Waals surface area contributed by atoms with Crippen molar-refractivity contribution in [2.45, 2.75) is 13.8 Å². The quantitative estimate of drug-likeness (QED) is 0.812. The number of aryl methyl sites for hydroxylation is 1. The van der Waals surface area contributed by atoms with E-state index in [9.17, 15) is 9.59 Å². The smallest absolute Gasteiger partial charge is 0.338 e. The molecular weight excluding hydrogens is 316 g/mol. The Kier molecular flexibility index (Phi) is 5.60. The highest BCUT2D eigenvalue weighted by Crippen LogP contribution is 2.19. The number of benzene rings is 2. The summed E-state index contributed by atoms with van der Waals surface area (Å²) in [7, 11) is 0. The molecule has 0 saturated carbocycles. The Morgan fingerprint density at radius 2 is 1.91 bits per heavy atom. The van der Waals surface area contributed by atoms with Gasteiger partial charge in [-0.25, -0.2) is 9.59 Å². The van der Waals surface area contributed by atoms with Crippen molar-refractivity contribution < 1.29 is 14.3 Å². The van der Waals surface area contributed by atoms with E-state index in [1.807, 2.05) is 0 Å². The van der Waals surface area contributed by atoms with Gasteiger partial charge in [0.1, 0.15) is 0 Å². The molecule has 0 spiro atoms. The van der Waals surface area contributed by atoms with E-state index >= 15 is 0 Å². The Labute approximate surface area is 139 Å². The van der Waals surface area contributed by atoms with Crippen LogP contribution in [0.25, 0.3) is 0 Å². The standard InChI is InChI=1S/C17H17ClN2O3/c1-3-23-16(21)12-7-8-15(11(2)9-12)20-17(22)19-14-6-4-5-13(18)10-14/h4-10H,3H2,1-2H3,(H2,19,20,22). The number of rotatable bonds is 4. The minimum absolute atomic E-state index is 0.319. The predicted octanol–water partition coefficient (Wildman–Crippen LogP) is 4.47. The van der Waals surface area contributed by atoms with Crippen molar-refractivity contribution in [3.63, 3.8) is 0 Å². The van der Waals surface area contributed by atoms with Crippen LogP contribution in [-0.2, 0) is 4.74 Å². The lowest BCUT2D eigenvalue weighted by molar-refractivity contribution is 0.0526. The second-order valence-electron chi connectivity index (χ2n) is 4.84. The van der Waals surface area contributed by atoms with Gasteiger partial charge in [-0.05, 0) is 55.8 Å². The van der Waals surface area contributed by atoms with E-state index in [1.165, 1.54) is 0 Å². The van der Waals surface area contributed by atoms with Crippen molar-refractivity contribution in [3.8, 4) is 0 Å². The molecule has 2 aromatic rings.